The van der Waals surface area contributed by atoms with Crippen LogP contribution in [-0.4, -0.2) is 36.9 Å². The largest absolute Gasteiger partial charge is 0.356 e. The second-order valence-electron chi connectivity index (χ2n) is 6.50. The molecule has 40 heavy (non-hydrogen) atoms. The Labute approximate surface area is 273 Å². The van der Waals surface area contributed by atoms with Gasteiger partial charge < -0.3 is 5.32 Å². The molecule has 1 saturated heterocycles. The number of nitrogens with one attached hydrogen (secondary N) is 1. The Balaban J connectivity index is -0.000000109. The van der Waals surface area contributed by atoms with E-state index in [9.17, 15) is 0 Å². The summed E-state index contributed by atoms with van der Waals surface area (Å²) in [7, 11) is 0. The summed E-state index contributed by atoms with van der Waals surface area (Å²) in [6.45, 7) is 20.3. The van der Waals surface area contributed by atoms with Crippen molar-refractivity contribution in [3.63, 3.8) is 0 Å². The van der Waals surface area contributed by atoms with Gasteiger partial charge in [0.2, 0.25) is 0 Å². The molecule has 1 N–H and O–H groups in total. The summed E-state index contributed by atoms with van der Waals surface area (Å²) < 4.78 is 1.71. The lowest BCUT2D eigenvalue weighted by molar-refractivity contribution is 0.541. The summed E-state index contributed by atoms with van der Waals surface area (Å²) in [6, 6.07) is 20.9. The molecule has 8 heteroatoms. The van der Waals surface area contributed by atoms with Crippen LogP contribution in [0.15, 0.2) is 65.7 Å². The minimum Gasteiger partial charge on any atom is -0.356 e. The van der Waals surface area contributed by atoms with Crippen LogP contribution in [0, 0.1) is 0 Å². The molecule has 0 amide bonds. The van der Waals surface area contributed by atoms with Gasteiger partial charge >= 0.3 is 0 Å². The summed E-state index contributed by atoms with van der Waals surface area (Å²) in [4.78, 5) is 4.48. The molecule has 2 nitrogen and oxygen atoms in total. The molecule has 222 valence electrons. The molecular weight excluding hydrogens is 562 g/mol. The number of nitrogens with zero attached hydrogens (tertiary/aromatic N) is 1. The Morgan fingerprint density at radius 2 is 1.27 bits per heavy atom. The van der Waals surface area contributed by atoms with Crippen LogP contribution in [0.2, 0.25) is 0 Å². The van der Waals surface area contributed by atoms with Gasteiger partial charge in [-0.25, -0.2) is 0 Å². The number of thiocarbonyl (C=S) groups is 3. The van der Waals surface area contributed by atoms with Crippen LogP contribution in [0.4, 0.5) is 0 Å². The number of hydrogen-bond acceptors (Lipinski definition) is 5. The third-order valence-corrected chi connectivity index (χ3v) is 6.67. The van der Waals surface area contributed by atoms with Gasteiger partial charge in [0, 0.05) is 29.5 Å². The molecular formula is C32H54B2N2S4. The van der Waals surface area contributed by atoms with Gasteiger partial charge in [0.1, 0.15) is 9.86 Å². The van der Waals surface area contributed by atoms with Crippen LogP contribution in [0.1, 0.15) is 113 Å². The number of thioether (sulfide) groups is 1. The average Bonchev–Trinajstić information content (AvgIpc) is 3.30. The number of aliphatic imine (C=N–C) groups is 1. The van der Waals surface area contributed by atoms with Crippen molar-refractivity contribution >= 4 is 85.3 Å². The minimum absolute atomic E-state index is 0. The van der Waals surface area contributed by atoms with Gasteiger partial charge in [0.05, 0.1) is 10.2 Å². The van der Waals surface area contributed by atoms with Gasteiger partial charge in [-0.15, -0.1) is 0 Å². The van der Waals surface area contributed by atoms with Crippen molar-refractivity contribution in [3.05, 3.63) is 71.8 Å². The van der Waals surface area contributed by atoms with Crippen LogP contribution in [-0.2, 0) is 5.54 Å². The van der Waals surface area contributed by atoms with Gasteiger partial charge in [-0.05, 0) is 29.3 Å². The van der Waals surface area contributed by atoms with E-state index in [1.54, 1.807) is 5.37 Å². The molecule has 6 radical (unpaired) electrons. The second kappa shape index (κ2) is 35.7. The molecule has 0 saturated carbocycles. The van der Waals surface area contributed by atoms with Gasteiger partial charge in [-0.2, -0.15) is 0 Å². The van der Waals surface area contributed by atoms with Crippen molar-refractivity contribution in [3.8, 4) is 0 Å². The Kier molecular flexibility index (Phi) is 45.9. The zero-order valence-electron chi connectivity index (χ0n) is 25.9. The lowest BCUT2D eigenvalue weighted by atomic mass is 9.89. The molecule has 1 aliphatic rings. The first-order valence-electron chi connectivity index (χ1n) is 13.7. The van der Waals surface area contributed by atoms with Crippen molar-refractivity contribution in [2.75, 3.05) is 0 Å². The minimum atomic E-state index is -0.238. The highest BCUT2D eigenvalue weighted by molar-refractivity contribution is 8.38. The quantitative estimate of drug-likeness (QED) is 0.190. The van der Waals surface area contributed by atoms with Crippen LogP contribution >= 0.6 is 48.4 Å². The topological polar surface area (TPSA) is 24.4 Å². The first-order valence-corrected chi connectivity index (χ1v) is 15.8. The molecule has 2 aromatic carbocycles. The van der Waals surface area contributed by atoms with Crippen LogP contribution in [0.25, 0.3) is 0 Å². The van der Waals surface area contributed by atoms with E-state index in [0.717, 1.165) is 27.8 Å². The maximum absolute atomic E-state index is 5.42. The molecule has 1 aliphatic heterocycles. The predicted octanol–water partition coefficient (Wildman–Crippen LogP) is 10.8. The van der Waals surface area contributed by atoms with Gasteiger partial charge in [0.15, 0.2) is 0 Å². The van der Waals surface area contributed by atoms with Crippen molar-refractivity contribution in [2.24, 2.45) is 4.99 Å². The van der Waals surface area contributed by atoms with Crippen molar-refractivity contribution in [2.45, 2.75) is 108 Å². The summed E-state index contributed by atoms with van der Waals surface area (Å²) in [5.74, 6) is 0. The molecule has 0 bridgehead atoms. The smallest absolute Gasteiger partial charge is 0.140 e. The third kappa shape index (κ3) is 18.9. The second-order valence-corrected chi connectivity index (χ2v) is 9.18. The monoisotopic (exact) mass is 616 g/mol. The lowest BCUT2D eigenvalue weighted by Gasteiger charge is -2.28. The molecule has 0 spiro atoms. The normalized spacial score (nSPS) is 14.7. The molecule has 0 aromatic heterocycles. The molecule has 3 rings (SSSR count). The highest BCUT2D eigenvalue weighted by Crippen LogP contribution is 2.38. The molecule has 0 aliphatic carbocycles. The highest BCUT2D eigenvalue weighted by atomic mass is 32.2. The lowest BCUT2D eigenvalue weighted by Crippen LogP contribution is -2.41. The fraction of sp³-hybridized carbons (Fsp3) is 0.500. The Bertz CT molecular complexity index is 851. The molecule has 2 atom stereocenters. The summed E-state index contributed by atoms with van der Waals surface area (Å²) >= 11 is 16.8. The average molecular weight is 617 g/mol. The fourth-order valence-corrected chi connectivity index (χ4v) is 5.22. The first-order chi connectivity index (χ1) is 18.1. The Hall–Kier alpha value is -1.34. The van der Waals surface area contributed by atoms with E-state index in [4.69, 9.17) is 36.7 Å². The first kappa shape index (κ1) is 51.4. The maximum atomic E-state index is 5.42. The zero-order chi connectivity index (χ0) is 29.1. The van der Waals surface area contributed by atoms with Crippen LogP contribution in [0.5, 0.6) is 0 Å². The number of rotatable bonds is 7. The van der Waals surface area contributed by atoms with Gasteiger partial charge in [0.25, 0.3) is 0 Å². The maximum Gasteiger partial charge on any atom is 0.140 e. The third-order valence-electron chi connectivity index (χ3n) is 4.70. The van der Waals surface area contributed by atoms with Gasteiger partial charge in [-0.3, -0.25) is 4.99 Å². The van der Waals surface area contributed by atoms with Crippen LogP contribution < -0.4 is 5.32 Å². The van der Waals surface area contributed by atoms with Crippen molar-refractivity contribution in [1.82, 2.24) is 5.32 Å². The van der Waals surface area contributed by atoms with E-state index in [-0.39, 0.29) is 35.8 Å². The van der Waals surface area contributed by atoms with E-state index in [2.05, 4.69) is 48.4 Å². The van der Waals surface area contributed by atoms with Crippen LogP contribution in [0.3, 0.4) is 0 Å². The van der Waals surface area contributed by atoms with E-state index < -0.39 is 0 Å². The Morgan fingerprint density at radius 1 is 0.825 bits per heavy atom. The predicted molar refractivity (Wildman–Crippen MR) is 204 cm³/mol. The van der Waals surface area contributed by atoms with Crippen molar-refractivity contribution < 1.29 is 0 Å². The molecule has 2 aromatic rings. The van der Waals surface area contributed by atoms with Crippen molar-refractivity contribution in [1.29, 1.82) is 0 Å². The molecule has 1 heterocycles. The van der Waals surface area contributed by atoms with E-state index in [1.165, 1.54) is 22.9 Å². The SMILES string of the molecule is C.CC.CC.CC.CC.CCC(N=CCC=S)c1ccccc1.CCC1(c2ccccc2)NC(=S)SC1=S.[B].[B]. The fourth-order valence-electron chi connectivity index (χ4n) is 3.11. The number of benzene rings is 2. The molecule has 1 fully saturated rings. The number of hydrogen-bond donors (Lipinski definition) is 1. The molecule has 2 unspecified atom stereocenters. The summed E-state index contributed by atoms with van der Waals surface area (Å²) in [6.07, 6.45) is 4.62. The summed E-state index contributed by atoms with van der Waals surface area (Å²) in [5, 5.41) is 5.03. The summed E-state index contributed by atoms with van der Waals surface area (Å²) in [5.41, 5.74) is 2.23. The standard InChI is InChI=1S/C12H15NS.C11H11NS3.4C2H6.CH4.2B/c1-2-12(13-9-6-10-14)11-7-4-3-5-8-11;1-2-11(8-6-4-3-5-7-8)9(13)15-10(14)12-11;4*1-2;;;/h3-5,7-10,12H,2,6H2,1H3;3-7H,2H2,1H3,(H,12,14);4*1-2H3;1H4;;. The van der Waals surface area contributed by atoms with Gasteiger partial charge in [-0.1, -0.05) is 186 Å². The van der Waals surface area contributed by atoms with E-state index in [1.807, 2.05) is 98.0 Å². The van der Waals surface area contributed by atoms with E-state index in [0.29, 0.717) is 0 Å². The highest BCUT2D eigenvalue weighted by Gasteiger charge is 2.41. The zero-order valence-corrected chi connectivity index (χ0v) is 29.1. The van der Waals surface area contributed by atoms with E-state index >= 15 is 0 Å². The Morgan fingerprint density at radius 3 is 1.62 bits per heavy atom.